The van der Waals surface area contributed by atoms with Gasteiger partial charge in [-0.2, -0.15) is 0 Å². The lowest BCUT2D eigenvalue weighted by atomic mass is 10.2. The van der Waals surface area contributed by atoms with Crippen molar-refractivity contribution in [2.75, 3.05) is 11.5 Å². The van der Waals surface area contributed by atoms with Crippen LogP contribution in [0.15, 0.2) is 84.9 Å². The predicted molar refractivity (Wildman–Crippen MR) is 115 cm³/mol. The van der Waals surface area contributed by atoms with E-state index in [-0.39, 0.29) is 0 Å². The van der Waals surface area contributed by atoms with Gasteiger partial charge < -0.3 is 5.11 Å². The summed E-state index contributed by atoms with van der Waals surface area (Å²) in [4.78, 5) is 11.3. The van der Waals surface area contributed by atoms with E-state index in [1.54, 1.807) is 12.1 Å². The Morgan fingerprint density at radius 2 is 1.23 bits per heavy atom. The molecule has 0 spiro atoms. The molecule has 1 N–H and O–H groups in total. The molecular weight excluding hydrogens is 407 g/mol. The molecule has 0 radical (unpaired) electrons. The Hall–Kier alpha value is -1.96. The van der Waals surface area contributed by atoms with Crippen LogP contribution in [0.1, 0.15) is 16.8 Å². The monoisotopic (exact) mass is 427 g/mol. The highest BCUT2D eigenvalue weighted by Gasteiger charge is 2.44. The Morgan fingerprint density at radius 3 is 1.65 bits per heavy atom. The summed E-state index contributed by atoms with van der Waals surface area (Å²) in [6, 6.07) is 28.7. The molecule has 0 saturated heterocycles. The first kappa shape index (κ1) is 18.8. The summed E-state index contributed by atoms with van der Waals surface area (Å²) in [6.07, 6.45) is 2.09. The van der Waals surface area contributed by atoms with E-state index in [0.29, 0.717) is 5.56 Å². The van der Waals surface area contributed by atoms with E-state index in [0.717, 1.165) is 17.9 Å². The van der Waals surface area contributed by atoms with Crippen LogP contribution >= 0.6 is 23.2 Å². The second kappa shape index (κ2) is 8.62. The molecule has 26 heavy (non-hydrogen) atoms. The highest BCUT2D eigenvalue weighted by atomic mass is 79.9. The van der Waals surface area contributed by atoms with Crippen LogP contribution in [0.2, 0.25) is 0 Å². The SMILES string of the molecule is O=C(O)c1ccc([P+](CCCBr)(c2ccccc2)c2ccccc2)cc1. The third-order valence-corrected chi connectivity index (χ3v) is 9.66. The van der Waals surface area contributed by atoms with Crippen molar-refractivity contribution in [2.45, 2.75) is 6.42 Å². The van der Waals surface area contributed by atoms with E-state index in [1.807, 2.05) is 24.3 Å². The van der Waals surface area contributed by atoms with Crippen LogP contribution in [0.4, 0.5) is 0 Å². The lowest BCUT2D eigenvalue weighted by molar-refractivity contribution is 0.0697. The van der Waals surface area contributed by atoms with Gasteiger partial charge in [-0.3, -0.25) is 0 Å². The summed E-state index contributed by atoms with van der Waals surface area (Å²) in [5.74, 6) is -0.889. The Morgan fingerprint density at radius 1 is 0.769 bits per heavy atom. The quantitative estimate of drug-likeness (QED) is 0.446. The Labute approximate surface area is 163 Å². The smallest absolute Gasteiger partial charge is 0.335 e. The number of aromatic carboxylic acids is 1. The van der Waals surface area contributed by atoms with E-state index in [9.17, 15) is 9.90 Å². The van der Waals surface area contributed by atoms with E-state index >= 15 is 0 Å². The van der Waals surface area contributed by atoms with Gasteiger partial charge in [0.05, 0.1) is 11.7 Å². The van der Waals surface area contributed by atoms with Crippen LogP contribution in [-0.4, -0.2) is 22.6 Å². The summed E-state index contributed by atoms with van der Waals surface area (Å²) in [6.45, 7) is 0. The maximum Gasteiger partial charge on any atom is 0.335 e. The van der Waals surface area contributed by atoms with Crippen LogP contribution in [-0.2, 0) is 0 Å². The first-order chi connectivity index (χ1) is 12.7. The van der Waals surface area contributed by atoms with Crippen molar-refractivity contribution in [2.24, 2.45) is 0 Å². The normalized spacial score (nSPS) is 11.3. The minimum Gasteiger partial charge on any atom is -0.478 e. The molecule has 0 heterocycles. The van der Waals surface area contributed by atoms with E-state index in [4.69, 9.17) is 0 Å². The summed E-state index contributed by atoms with van der Waals surface area (Å²) in [5.41, 5.74) is 0.327. The second-order valence-electron chi connectivity index (χ2n) is 6.10. The van der Waals surface area contributed by atoms with Gasteiger partial charge in [-0.1, -0.05) is 52.3 Å². The third kappa shape index (κ3) is 3.75. The zero-order valence-electron chi connectivity index (χ0n) is 14.4. The van der Waals surface area contributed by atoms with Gasteiger partial charge in [0.2, 0.25) is 0 Å². The molecule has 132 valence electrons. The van der Waals surface area contributed by atoms with Gasteiger partial charge in [-0.05, 0) is 55.0 Å². The van der Waals surface area contributed by atoms with E-state index in [1.165, 1.54) is 15.9 Å². The van der Waals surface area contributed by atoms with Crippen molar-refractivity contribution in [3.8, 4) is 0 Å². The fourth-order valence-corrected chi connectivity index (χ4v) is 8.39. The van der Waals surface area contributed by atoms with E-state index < -0.39 is 13.2 Å². The van der Waals surface area contributed by atoms with Crippen molar-refractivity contribution in [3.05, 3.63) is 90.5 Å². The van der Waals surface area contributed by atoms with Gasteiger partial charge in [-0.15, -0.1) is 0 Å². The largest absolute Gasteiger partial charge is 0.478 e. The number of hydrogen-bond acceptors (Lipinski definition) is 1. The predicted octanol–water partition coefficient (Wildman–Crippen LogP) is 4.46. The van der Waals surface area contributed by atoms with Crippen LogP contribution in [0, 0.1) is 0 Å². The molecule has 0 aliphatic carbocycles. The first-order valence-electron chi connectivity index (χ1n) is 8.57. The fourth-order valence-electron chi connectivity index (χ4n) is 3.35. The molecule has 0 aliphatic heterocycles. The highest BCUT2D eigenvalue weighted by Crippen LogP contribution is 2.55. The number of halogens is 1. The number of benzene rings is 3. The molecule has 0 aromatic heterocycles. The van der Waals surface area contributed by atoms with Crippen molar-refractivity contribution in [3.63, 3.8) is 0 Å². The number of alkyl halides is 1. The highest BCUT2D eigenvalue weighted by molar-refractivity contribution is 9.09. The zero-order valence-corrected chi connectivity index (χ0v) is 16.9. The summed E-state index contributed by atoms with van der Waals surface area (Å²) in [7, 11) is -1.84. The Bertz CT molecular complexity index is 809. The number of carboxylic acids is 1. The molecule has 3 rings (SSSR count). The molecular formula is C22H21BrO2P+. The van der Waals surface area contributed by atoms with Crippen LogP contribution in [0.5, 0.6) is 0 Å². The molecule has 0 bridgehead atoms. The average Bonchev–Trinajstić information content (AvgIpc) is 2.70. The van der Waals surface area contributed by atoms with Crippen LogP contribution in [0.25, 0.3) is 0 Å². The summed E-state index contributed by atoms with van der Waals surface area (Å²) < 4.78 is 0. The Balaban J connectivity index is 2.24. The van der Waals surface area contributed by atoms with E-state index in [2.05, 4.69) is 64.5 Å². The third-order valence-electron chi connectivity index (χ3n) is 4.58. The number of hydrogen-bond donors (Lipinski definition) is 1. The molecule has 0 amide bonds. The van der Waals surface area contributed by atoms with Crippen molar-refractivity contribution >= 4 is 45.1 Å². The van der Waals surface area contributed by atoms with Crippen molar-refractivity contribution in [1.82, 2.24) is 0 Å². The number of rotatable bonds is 7. The van der Waals surface area contributed by atoms with Crippen molar-refractivity contribution in [1.29, 1.82) is 0 Å². The number of carboxylic acid groups (broad SMARTS) is 1. The van der Waals surface area contributed by atoms with Gasteiger partial charge in [0.15, 0.2) is 0 Å². The summed E-state index contributed by atoms with van der Waals surface area (Å²) >= 11 is 3.59. The average molecular weight is 428 g/mol. The minimum absolute atomic E-state index is 0.327. The molecule has 0 saturated carbocycles. The number of carbonyl (C=O) groups is 1. The second-order valence-corrected chi connectivity index (χ2v) is 10.5. The topological polar surface area (TPSA) is 37.3 Å². The molecule has 0 unspecified atom stereocenters. The molecule has 0 fully saturated rings. The molecule has 2 nitrogen and oxygen atoms in total. The zero-order chi connectivity index (χ0) is 18.4. The minimum atomic E-state index is -1.84. The molecule has 3 aromatic carbocycles. The van der Waals surface area contributed by atoms with Gasteiger partial charge in [-0.25, -0.2) is 4.79 Å². The first-order valence-corrected chi connectivity index (χ1v) is 11.7. The lowest BCUT2D eigenvalue weighted by Crippen LogP contribution is -2.33. The Kier molecular flexibility index (Phi) is 6.24. The van der Waals surface area contributed by atoms with Gasteiger partial charge in [0.25, 0.3) is 0 Å². The lowest BCUT2D eigenvalue weighted by Gasteiger charge is -2.27. The maximum absolute atomic E-state index is 11.3. The van der Waals surface area contributed by atoms with Gasteiger partial charge in [0, 0.05) is 5.33 Å². The molecule has 0 atom stereocenters. The fraction of sp³-hybridized carbons (Fsp3) is 0.136. The maximum atomic E-state index is 11.3. The molecule has 0 aliphatic rings. The molecule has 3 aromatic rings. The van der Waals surface area contributed by atoms with Gasteiger partial charge in [0.1, 0.15) is 23.2 Å². The summed E-state index contributed by atoms with van der Waals surface area (Å²) in [5, 5.41) is 14.1. The molecule has 4 heteroatoms. The van der Waals surface area contributed by atoms with Crippen LogP contribution < -0.4 is 15.9 Å². The van der Waals surface area contributed by atoms with Crippen LogP contribution in [0.3, 0.4) is 0 Å². The van der Waals surface area contributed by atoms with Gasteiger partial charge >= 0.3 is 5.97 Å². The van der Waals surface area contributed by atoms with Crippen molar-refractivity contribution < 1.29 is 9.90 Å². The standard InChI is InChI=1S/C22H20BrO2P/c23-16-7-17-26(19-8-3-1-4-9-19,20-10-5-2-6-11-20)21-14-12-18(13-15-21)22(24)25/h1-6,8-15H,7,16-17H2/p+1.